The Bertz CT molecular complexity index is 935. The summed E-state index contributed by atoms with van der Waals surface area (Å²) in [5.41, 5.74) is 7.26. The molecular formula is C24H26N2. The zero-order chi connectivity index (χ0) is 17.3. The number of aryl methyl sites for hydroxylation is 1. The van der Waals surface area contributed by atoms with E-state index in [2.05, 4.69) is 71.0 Å². The number of benzene rings is 2. The number of nitrogens with one attached hydrogen (secondary N) is 2. The summed E-state index contributed by atoms with van der Waals surface area (Å²) in [5.74, 6) is 0.786. The van der Waals surface area contributed by atoms with Crippen LogP contribution in [0.5, 0.6) is 0 Å². The van der Waals surface area contributed by atoms with Gasteiger partial charge in [-0.2, -0.15) is 0 Å². The number of aromatic nitrogens is 1. The van der Waals surface area contributed by atoms with Gasteiger partial charge in [0.25, 0.3) is 0 Å². The molecule has 2 nitrogen and oxygen atoms in total. The van der Waals surface area contributed by atoms with Crippen molar-refractivity contribution in [2.75, 3.05) is 6.54 Å². The number of fused-ring (bicyclic) bond motifs is 3. The molecule has 0 saturated heterocycles. The summed E-state index contributed by atoms with van der Waals surface area (Å²) in [6, 6.07) is 20.3. The number of hydrogen-bond donors (Lipinski definition) is 2. The quantitative estimate of drug-likeness (QED) is 0.680. The van der Waals surface area contributed by atoms with Gasteiger partial charge < -0.3 is 10.3 Å². The lowest BCUT2D eigenvalue weighted by Crippen LogP contribution is -2.35. The van der Waals surface area contributed by atoms with Gasteiger partial charge in [0.2, 0.25) is 0 Å². The Morgan fingerprint density at radius 1 is 0.923 bits per heavy atom. The lowest BCUT2D eigenvalue weighted by Gasteiger charge is -2.30. The van der Waals surface area contributed by atoms with Crippen LogP contribution in [0.15, 0.2) is 60.7 Å². The van der Waals surface area contributed by atoms with Gasteiger partial charge in [-0.1, -0.05) is 54.6 Å². The molecule has 2 aliphatic rings. The second-order valence-corrected chi connectivity index (χ2v) is 7.88. The molecule has 0 radical (unpaired) electrons. The number of para-hydroxylation sites is 1. The van der Waals surface area contributed by atoms with Crippen molar-refractivity contribution in [1.82, 2.24) is 10.3 Å². The van der Waals surface area contributed by atoms with Crippen molar-refractivity contribution in [1.29, 1.82) is 0 Å². The van der Waals surface area contributed by atoms with E-state index in [0.717, 1.165) is 18.9 Å². The molecule has 0 spiro atoms. The maximum Gasteiger partial charge on any atom is 0.0458 e. The Balaban J connectivity index is 1.30. The first-order valence-electron chi connectivity index (χ1n) is 9.93. The van der Waals surface area contributed by atoms with Crippen molar-refractivity contribution in [2.45, 2.75) is 38.1 Å². The lowest BCUT2D eigenvalue weighted by molar-refractivity contribution is 0.356. The third-order valence-corrected chi connectivity index (χ3v) is 6.18. The van der Waals surface area contributed by atoms with Crippen LogP contribution in [0.1, 0.15) is 36.1 Å². The Morgan fingerprint density at radius 3 is 2.69 bits per heavy atom. The first-order chi connectivity index (χ1) is 12.9. The van der Waals surface area contributed by atoms with Crippen molar-refractivity contribution in [3.8, 4) is 0 Å². The molecule has 0 saturated carbocycles. The topological polar surface area (TPSA) is 27.8 Å². The van der Waals surface area contributed by atoms with Gasteiger partial charge in [0, 0.05) is 29.2 Å². The Labute approximate surface area is 155 Å². The molecular weight excluding hydrogens is 316 g/mol. The number of rotatable bonds is 3. The molecule has 1 aromatic heterocycles. The molecule has 0 fully saturated rings. The number of hydrogen-bond acceptors (Lipinski definition) is 1. The molecule has 132 valence electrons. The molecule has 1 aliphatic heterocycles. The highest BCUT2D eigenvalue weighted by Gasteiger charge is 2.26. The first kappa shape index (κ1) is 15.9. The predicted molar refractivity (Wildman–Crippen MR) is 109 cm³/mol. The van der Waals surface area contributed by atoms with Crippen molar-refractivity contribution in [3.05, 3.63) is 77.5 Å². The summed E-state index contributed by atoms with van der Waals surface area (Å²) in [7, 11) is 0. The molecule has 2 N–H and O–H groups in total. The van der Waals surface area contributed by atoms with Crippen LogP contribution in [0, 0.1) is 5.92 Å². The second-order valence-electron chi connectivity index (χ2n) is 7.88. The van der Waals surface area contributed by atoms with Crippen LogP contribution in [0.4, 0.5) is 0 Å². The van der Waals surface area contributed by atoms with E-state index in [1.807, 2.05) is 0 Å². The first-order valence-corrected chi connectivity index (χ1v) is 9.93. The predicted octanol–water partition coefficient (Wildman–Crippen LogP) is 5.11. The lowest BCUT2D eigenvalue weighted by atomic mass is 9.80. The largest absolute Gasteiger partial charge is 0.358 e. The normalized spacial score (nSPS) is 22.8. The van der Waals surface area contributed by atoms with Gasteiger partial charge >= 0.3 is 0 Å². The van der Waals surface area contributed by atoms with Gasteiger partial charge in [0.05, 0.1) is 0 Å². The van der Waals surface area contributed by atoms with Crippen LogP contribution < -0.4 is 5.32 Å². The van der Waals surface area contributed by atoms with Crippen LogP contribution >= 0.6 is 0 Å². The highest BCUT2D eigenvalue weighted by Crippen LogP contribution is 2.35. The van der Waals surface area contributed by atoms with E-state index in [0.29, 0.717) is 6.04 Å². The maximum atomic E-state index is 3.74. The fourth-order valence-corrected chi connectivity index (χ4v) is 4.87. The van der Waals surface area contributed by atoms with Crippen molar-refractivity contribution in [2.24, 2.45) is 5.92 Å². The van der Waals surface area contributed by atoms with Crippen molar-refractivity contribution in [3.63, 3.8) is 0 Å². The van der Waals surface area contributed by atoms with Gasteiger partial charge in [-0.15, -0.1) is 0 Å². The molecule has 3 aromatic rings. The number of H-pyrrole nitrogens is 1. The van der Waals surface area contributed by atoms with Crippen LogP contribution in [-0.4, -0.2) is 17.6 Å². The Hall–Kier alpha value is -2.32. The van der Waals surface area contributed by atoms with E-state index in [4.69, 9.17) is 0 Å². The fraction of sp³-hybridized carbons (Fsp3) is 0.333. The SMILES string of the molecule is C1=C(c2ccccc2)CC(CC2CCc3[nH]c4ccccc4c3C2)NC1. The molecule has 0 bridgehead atoms. The summed E-state index contributed by atoms with van der Waals surface area (Å²) >= 11 is 0. The van der Waals surface area contributed by atoms with Crippen LogP contribution in [-0.2, 0) is 12.8 Å². The van der Waals surface area contributed by atoms with E-state index in [1.165, 1.54) is 53.4 Å². The van der Waals surface area contributed by atoms with Gasteiger partial charge in [0.1, 0.15) is 0 Å². The molecule has 2 unspecified atom stereocenters. The van der Waals surface area contributed by atoms with Crippen LogP contribution in [0.3, 0.4) is 0 Å². The molecule has 26 heavy (non-hydrogen) atoms. The molecule has 1 aliphatic carbocycles. The van der Waals surface area contributed by atoms with Crippen molar-refractivity contribution < 1.29 is 0 Å². The van der Waals surface area contributed by atoms with Gasteiger partial charge in [-0.3, -0.25) is 0 Å². The molecule has 0 amide bonds. The number of aromatic amines is 1. The minimum Gasteiger partial charge on any atom is -0.358 e. The highest BCUT2D eigenvalue weighted by atomic mass is 14.9. The third kappa shape index (κ3) is 2.99. The van der Waals surface area contributed by atoms with E-state index in [-0.39, 0.29) is 0 Å². The second kappa shape index (κ2) is 6.77. The summed E-state index contributed by atoms with van der Waals surface area (Å²) in [6.45, 7) is 1.000. The van der Waals surface area contributed by atoms with Crippen LogP contribution in [0.25, 0.3) is 16.5 Å². The molecule has 2 aromatic carbocycles. The minimum atomic E-state index is 0.604. The zero-order valence-electron chi connectivity index (χ0n) is 15.2. The van der Waals surface area contributed by atoms with Gasteiger partial charge in [-0.25, -0.2) is 0 Å². The van der Waals surface area contributed by atoms with E-state index >= 15 is 0 Å². The van der Waals surface area contributed by atoms with Crippen LogP contribution in [0.2, 0.25) is 0 Å². The summed E-state index contributed by atoms with van der Waals surface area (Å²) in [6.07, 6.45) is 8.53. The van der Waals surface area contributed by atoms with Gasteiger partial charge in [-0.05, 0) is 60.8 Å². The fourth-order valence-electron chi connectivity index (χ4n) is 4.87. The van der Waals surface area contributed by atoms with E-state index < -0.39 is 0 Å². The average Bonchev–Trinajstić information content (AvgIpc) is 3.07. The Kier molecular flexibility index (Phi) is 4.14. The molecule has 5 rings (SSSR count). The van der Waals surface area contributed by atoms with Crippen molar-refractivity contribution >= 4 is 16.5 Å². The van der Waals surface area contributed by atoms with E-state index in [9.17, 15) is 0 Å². The monoisotopic (exact) mass is 342 g/mol. The summed E-state index contributed by atoms with van der Waals surface area (Å²) in [5, 5.41) is 5.18. The van der Waals surface area contributed by atoms with Gasteiger partial charge in [0.15, 0.2) is 0 Å². The highest BCUT2D eigenvalue weighted by molar-refractivity contribution is 5.84. The maximum absolute atomic E-state index is 3.74. The standard InChI is InChI=1S/C24H26N2/c1-2-6-18(7-3-1)19-12-13-25-20(16-19)14-17-10-11-24-22(15-17)21-8-4-5-9-23(21)26-24/h1-9,12,17,20,25-26H,10-11,13-16H2. The molecule has 2 heterocycles. The minimum absolute atomic E-state index is 0.604. The smallest absolute Gasteiger partial charge is 0.0458 e. The average molecular weight is 342 g/mol. The molecule has 2 heteroatoms. The third-order valence-electron chi connectivity index (χ3n) is 6.18. The summed E-state index contributed by atoms with van der Waals surface area (Å²) in [4.78, 5) is 3.64. The Morgan fingerprint density at radius 2 is 1.77 bits per heavy atom. The van der Waals surface area contributed by atoms with E-state index in [1.54, 1.807) is 5.56 Å². The zero-order valence-corrected chi connectivity index (χ0v) is 15.2. The molecule has 2 atom stereocenters. The summed E-state index contributed by atoms with van der Waals surface area (Å²) < 4.78 is 0.